The summed E-state index contributed by atoms with van der Waals surface area (Å²) in [6.45, 7) is 1.45. The summed E-state index contributed by atoms with van der Waals surface area (Å²) in [5.41, 5.74) is -1.16. The van der Waals surface area contributed by atoms with Crippen molar-refractivity contribution in [2.24, 2.45) is 5.92 Å². The fourth-order valence-corrected chi connectivity index (χ4v) is 4.89. The van der Waals surface area contributed by atoms with E-state index in [9.17, 15) is 45.2 Å². The molecule has 0 aliphatic carbocycles. The number of non-ortho nitro benzene ring substituents is 1. The van der Waals surface area contributed by atoms with E-state index >= 15 is 0 Å². The molecule has 2 aromatic carbocycles. The lowest BCUT2D eigenvalue weighted by atomic mass is 9.82. The highest BCUT2D eigenvalue weighted by Crippen LogP contribution is 2.47. The average Bonchev–Trinajstić information content (AvgIpc) is 3.16. The third-order valence-corrected chi connectivity index (χ3v) is 7.25. The number of nitro benzene ring substituents is 1. The van der Waals surface area contributed by atoms with Gasteiger partial charge in [-0.15, -0.1) is 0 Å². The van der Waals surface area contributed by atoms with Crippen LogP contribution < -0.4 is 10.2 Å². The summed E-state index contributed by atoms with van der Waals surface area (Å²) in [5, 5.41) is 73.7. The van der Waals surface area contributed by atoms with E-state index in [0.717, 1.165) is 0 Å². The summed E-state index contributed by atoms with van der Waals surface area (Å²) in [4.78, 5) is 38.3. The van der Waals surface area contributed by atoms with E-state index in [0.29, 0.717) is 17.7 Å². The van der Waals surface area contributed by atoms with Gasteiger partial charge in [0.15, 0.2) is 18.0 Å². The predicted molar refractivity (Wildman–Crippen MR) is 142 cm³/mol. The van der Waals surface area contributed by atoms with Gasteiger partial charge in [0, 0.05) is 35.9 Å². The minimum Gasteiger partial charge on any atom is -0.396 e. The maximum Gasteiger partial charge on any atom is 0.269 e. The van der Waals surface area contributed by atoms with E-state index in [1.54, 1.807) is 31.2 Å². The third-order valence-electron chi connectivity index (χ3n) is 7.25. The minimum atomic E-state index is -2.09. The Morgan fingerprint density at radius 2 is 1.83 bits per heavy atom. The van der Waals surface area contributed by atoms with Crippen LogP contribution in [-0.4, -0.2) is 84.7 Å². The number of hydrogen-bond donors (Lipinski definition) is 7. The van der Waals surface area contributed by atoms with Crippen LogP contribution in [0, 0.1) is 16.0 Å². The molecule has 220 valence electrons. The van der Waals surface area contributed by atoms with Gasteiger partial charge in [0.1, 0.15) is 18.3 Å². The van der Waals surface area contributed by atoms with Crippen LogP contribution in [0.2, 0.25) is 0 Å². The number of carbonyl (C=O) groups is 2. The molecule has 7 N–H and O–H groups in total. The van der Waals surface area contributed by atoms with Gasteiger partial charge >= 0.3 is 0 Å². The highest BCUT2D eigenvalue weighted by molar-refractivity contribution is 6.07. The Bertz CT molecular complexity index is 1330. The SMILES string of the molecule is C[C@@H](/C=C/CCO)[C@]1(O)C(=O)N(Cc2ccc(NC(=O)[C@H]3O[C@@H](O)[C@H](O)[C@@H](O)[C@@H]3O)cc2)c2ccc([N+](=O)[O-])cc21. The van der Waals surface area contributed by atoms with Crippen molar-refractivity contribution >= 4 is 28.9 Å². The van der Waals surface area contributed by atoms with Crippen LogP contribution >= 0.6 is 0 Å². The Labute approximate surface area is 233 Å². The fourth-order valence-electron chi connectivity index (χ4n) is 4.89. The monoisotopic (exact) mass is 573 g/mol. The molecule has 2 aromatic rings. The van der Waals surface area contributed by atoms with Crippen molar-refractivity contribution in [1.29, 1.82) is 0 Å². The highest BCUT2D eigenvalue weighted by Gasteiger charge is 2.53. The van der Waals surface area contributed by atoms with Crippen molar-refractivity contribution in [3.05, 3.63) is 75.9 Å². The van der Waals surface area contributed by atoms with Crippen LogP contribution in [-0.2, 0) is 26.5 Å². The second-order valence-electron chi connectivity index (χ2n) is 9.95. The van der Waals surface area contributed by atoms with Crippen LogP contribution in [0.3, 0.4) is 0 Å². The van der Waals surface area contributed by atoms with Crippen molar-refractivity contribution < 1.29 is 49.9 Å². The molecule has 0 spiro atoms. The molecule has 14 heteroatoms. The number of benzene rings is 2. The van der Waals surface area contributed by atoms with Gasteiger partial charge in [0.05, 0.1) is 17.2 Å². The van der Waals surface area contributed by atoms with E-state index in [1.165, 1.54) is 35.2 Å². The molecule has 0 radical (unpaired) electrons. The Morgan fingerprint density at radius 1 is 1.15 bits per heavy atom. The van der Waals surface area contributed by atoms with E-state index in [4.69, 9.17) is 9.84 Å². The Balaban J connectivity index is 1.54. The molecule has 0 saturated carbocycles. The summed E-state index contributed by atoms with van der Waals surface area (Å²) in [5.74, 6) is -2.34. The number of ether oxygens (including phenoxy) is 1. The zero-order valence-electron chi connectivity index (χ0n) is 21.9. The molecule has 2 aliphatic heterocycles. The molecule has 0 bridgehead atoms. The molecule has 0 unspecified atom stereocenters. The number of nitrogens with one attached hydrogen (secondary N) is 1. The smallest absolute Gasteiger partial charge is 0.269 e. The maximum absolute atomic E-state index is 13.6. The van der Waals surface area contributed by atoms with Crippen LogP contribution in [0.15, 0.2) is 54.6 Å². The molecular weight excluding hydrogens is 542 g/mol. The van der Waals surface area contributed by atoms with Gasteiger partial charge in [0.25, 0.3) is 17.5 Å². The number of hydrogen-bond acceptors (Lipinski definition) is 11. The topological polar surface area (TPSA) is 223 Å². The Hall–Kier alpha value is -3.76. The van der Waals surface area contributed by atoms with E-state index < -0.39 is 59.0 Å². The zero-order chi connectivity index (χ0) is 30.1. The number of aliphatic hydroxyl groups excluding tert-OH is 5. The number of fused-ring (bicyclic) bond motifs is 1. The first-order chi connectivity index (χ1) is 19.4. The number of carbonyl (C=O) groups excluding carboxylic acids is 2. The molecular formula is C27H31N3O11. The summed E-state index contributed by atoms with van der Waals surface area (Å²) in [6, 6.07) is 9.98. The normalized spacial score (nSPS) is 28.5. The van der Waals surface area contributed by atoms with Crippen LogP contribution in [0.5, 0.6) is 0 Å². The summed E-state index contributed by atoms with van der Waals surface area (Å²) in [7, 11) is 0. The lowest BCUT2D eigenvalue weighted by molar-refractivity contribution is -0.385. The molecule has 2 amide bonds. The molecule has 7 atom stereocenters. The third kappa shape index (κ3) is 5.71. The first-order valence-electron chi connectivity index (χ1n) is 12.8. The number of rotatable bonds is 9. The summed E-state index contributed by atoms with van der Waals surface area (Å²) < 4.78 is 4.92. The van der Waals surface area contributed by atoms with Crippen molar-refractivity contribution in [2.75, 3.05) is 16.8 Å². The number of aliphatic hydroxyl groups is 6. The summed E-state index contributed by atoms with van der Waals surface area (Å²) in [6.07, 6.45) is -5.41. The Morgan fingerprint density at radius 3 is 2.46 bits per heavy atom. The van der Waals surface area contributed by atoms with Gasteiger partial charge in [0.2, 0.25) is 0 Å². The molecule has 0 aromatic heterocycles. The van der Waals surface area contributed by atoms with Gasteiger partial charge in [-0.25, -0.2) is 0 Å². The van der Waals surface area contributed by atoms with E-state index in [-0.39, 0.29) is 30.1 Å². The molecule has 2 aliphatic rings. The second-order valence-corrected chi connectivity index (χ2v) is 9.95. The lowest BCUT2D eigenvalue weighted by Crippen LogP contribution is -2.60. The maximum atomic E-state index is 13.6. The Kier molecular flexibility index (Phi) is 8.84. The zero-order valence-corrected chi connectivity index (χ0v) is 21.9. The van der Waals surface area contributed by atoms with Crippen LogP contribution in [0.1, 0.15) is 24.5 Å². The quantitative estimate of drug-likeness (QED) is 0.117. The number of nitro groups is 1. The van der Waals surface area contributed by atoms with E-state index in [2.05, 4.69) is 5.32 Å². The van der Waals surface area contributed by atoms with Gasteiger partial charge in [-0.1, -0.05) is 31.2 Å². The largest absolute Gasteiger partial charge is 0.396 e. The number of anilines is 2. The average molecular weight is 574 g/mol. The molecule has 1 saturated heterocycles. The first kappa shape index (κ1) is 30.2. The molecule has 4 rings (SSSR count). The number of nitrogens with zero attached hydrogens (tertiary/aromatic N) is 2. The van der Waals surface area contributed by atoms with Crippen LogP contribution in [0.4, 0.5) is 17.1 Å². The molecule has 2 heterocycles. The highest BCUT2D eigenvalue weighted by atomic mass is 16.6. The molecule has 1 fully saturated rings. The number of amides is 2. The van der Waals surface area contributed by atoms with Crippen molar-refractivity contribution in [2.45, 2.75) is 56.2 Å². The van der Waals surface area contributed by atoms with Gasteiger partial charge in [-0.05, 0) is 30.2 Å². The minimum absolute atomic E-state index is 0.0199. The van der Waals surface area contributed by atoms with Crippen molar-refractivity contribution in [1.82, 2.24) is 0 Å². The van der Waals surface area contributed by atoms with Crippen molar-refractivity contribution in [3.63, 3.8) is 0 Å². The standard InChI is InChI=1S/C27H31N3O11/c1-14(4-2-3-11-31)27(38)18-12-17(30(39)40)9-10-19(18)29(26(27)37)13-15-5-7-16(8-6-15)28-24(35)23-21(33)20(32)22(34)25(36)41-23/h2,4-10,12,14,20-23,25,31-34,36,38H,3,11,13H2,1H3,(H,28,35)/b4-2+/t14-,20-,21-,22+,23-,25+,27+/m0/s1. The van der Waals surface area contributed by atoms with Crippen LogP contribution in [0.25, 0.3) is 0 Å². The van der Waals surface area contributed by atoms with Gasteiger partial charge in [-0.2, -0.15) is 0 Å². The fraction of sp³-hybridized carbons (Fsp3) is 0.407. The van der Waals surface area contributed by atoms with Gasteiger partial charge in [-0.3, -0.25) is 19.7 Å². The van der Waals surface area contributed by atoms with Crippen molar-refractivity contribution in [3.8, 4) is 0 Å². The molecule has 41 heavy (non-hydrogen) atoms. The first-order valence-corrected chi connectivity index (χ1v) is 12.8. The summed E-state index contributed by atoms with van der Waals surface area (Å²) >= 11 is 0. The second kappa shape index (κ2) is 12.0. The van der Waals surface area contributed by atoms with E-state index in [1.807, 2.05) is 0 Å². The predicted octanol–water partition coefficient (Wildman–Crippen LogP) is -0.358. The van der Waals surface area contributed by atoms with Gasteiger partial charge < -0.3 is 45.6 Å². The lowest BCUT2D eigenvalue weighted by Gasteiger charge is -2.37. The molecule has 14 nitrogen and oxygen atoms in total.